The summed E-state index contributed by atoms with van der Waals surface area (Å²) < 4.78 is 30.1. The predicted octanol–water partition coefficient (Wildman–Crippen LogP) is 2.34. The van der Waals surface area contributed by atoms with Gasteiger partial charge >= 0.3 is 0 Å². The highest BCUT2D eigenvalue weighted by Crippen LogP contribution is 2.24. The van der Waals surface area contributed by atoms with E-state index in [1.807, 2.05) is 0 Å². The summed E-state index contributed by atoms with van der Waals surface area (Å²) in [5.41, 5.74) is 0.473. The molecule has 0 heterocycles. The first-order chi connectivity index (χ1) is 9.55. The standard InChI is InChI=1S/C12H13F2NO2.C2H6O/c1-2-12(15(8-17)5-6-16)9-3-4-10(13)11(14)7-9;1-3-2/h3-4,6-8,12H,2,5H2,1H3;1-2H3. The largest absolute Gasteiger partial charge is 0.388 e. The monoisotopic (exact) mass is 287 g/mol. The molecular formula is C14H19F2NO3. The summed E-state index contributed by atoms with van der Waals surface area (Å²) in [6.45, 7) is 1.73. The smallest absolute Gasteiger partial charge is 0.210 e. The second-order valence-corrected chi connectivity index (χ2v) is 3.97. The van der Waals surface area contributed by atoms with E-state index in [0.717, 1.165) is 12.1 Å². The molecule has 0 radical (unpaired) electrons. The zero-order valence-electron chi connectivity index (χ0n) is 11.8. The van der Waals surface area contributed by atoms with E-state index >= 15 is 0 Å². The number of carbonyl (C=O) groups excluding carboxylic acids is 2. The molecule has 1 aromatic rings. The summed E-state index contributed by atoms with van der Waals surface area (Å²) in [6.07, 6.45) is 1.64. The molecular weight excluding hydrogens is 268 g/mol. The lowest BCUT2D eigenvalue weighted by molar-refractivity contribution is -0.124. The van der Waals surface area contributed by atoms with Crippen LogP contribution in [0.2, 0.25) is 0 Å². The Bertz CT molecular complexity index is 427. The normalized spacial score (nSPS) is 11.1. The molecule has 1 aromatic carbocycles. The van der Waals surface area contributed by atoms with Crippen molar-refractivity contribution in [1.29, 1.82) is 0 Å². The van der Waals surface area contributed by atoms with Crippen LogP contribution in [0.3, 0.4) is 0 Å². The van der Waals surface area contributed by atoms with Gasteiger partial charge in [0.25, 0.3) is 0 Å². The van der Waals surface area contributed by atoms with Crippen LogP contribution in [-0.2, 0) is 14.3 Å². The Morgan fingerprint density at radius 1 is 1.25 bits per heavy atom. The molecule has 20 heavy (non-hydrogen) atoms. The molecule has 0 aliphatic carbocycles. The SMILES string of the molecule is CCC(c1ccc(F)c(F)c1)N(C=O)CC=O.COC. The lowest BCUT2D eigenvalue weighted by Crippen LogP contribution is -2.29. The van der Waals surface area contributed by atoms with E-state index in [2.05, 4.69) is 4.74 Å². The van der Waals surface area contributed by atoms with Gasteiger partial charge in [0, 0.05) is 14.2 Å². The van der Waals surface area contributed by atoms with Gasteiger partial charge in [-0.25, -0.2) is 8.78 Å². The van der Waals surface area contributed by atoms with Gasteiger partial charge in [-0.3, -0.25) is 4.79 Å². The number of aldehydes is 1. The molecule has 0 spiro atoms. The van der Waals surface area contributed by atoms with Crippen LogP contribution < -0.4 is 0 Å². The van der Waals surface area contributed by atoms with Gasteiger partial charge in [0.15, 0.2) is 11.6 Å². The van der Waals surface area contributed by atoms with Gasteiger partial charge in [0.05, 0.1) is 12.6 Å². The van der Waals surface area contributed by atoms with Crippen LogP contribution in [0.1, 0.15) is 24.9 Å². The number of hydrogen-bond donors (Lipinski definition) is 0. The Labute approximate surface area is 117 Å². The number of nitrogens with zero attached hydrogens (tertiary/aromatic N) is 1. The number of halogens is 2. The molecule has 1 atom stereocenters. The number of methoxy groups -OCH3 is 1. The van der Waals surface area contributed by atoms with E-state index in [-0.39, 0.29) is 6.54 Å². The molecule has 0 bridgehead atoms. The number of ether oxygens (including phenoxy) is 1. The van der Waals surface area contributed by atoms with E-state index in [9.17, 15) is 18.4 Å². The third-order valence-electron chi connectivity index (χ3n) is 2.54. The number of carbonyl (C=O) groups is 2. The molecule has 1 amide bonds. The first-order valence-corrected chi connectivity index (χ1v) is 6.05. The van der Waals surface area contributed by atoms with Gasteiger partial charge in [0.2, 0.25) is 6.41 Å². The highest BCUT2D eigenvalue weighted by molar-refractivity contribution is 5.60. The molecule has 1 unspecified atom stereocenters. The molecule has 0 aliphatic rings. The molecule has 0 N–H and O–H groups in total. The minimum atomic E-state index is -0.960. The van der Waals surface area contributed by atoms with Gasteiger partial charge in [0.1, 0.15) is 6.29 Å². The Balaban J connectivity index is 0.00000110. The van der Waals surface area contributed by atoms with Crippen molar-refractivity contribution in [3.05, 3.63) is 35.4 Å². The van der Waals surface area contributed by atoms with Crippen LogP contribution >= 0.6 is 0 Å². The molecule has 0 fully saturated rings. The van der Waals surface area contributed by atoms with Crippen LogP contribution in [0.5, 0.6) is 0 Å². The zero-order valence-corrected chi connectivity index (χ0v) is 11.8. The molecule has 0 aromatic heterocycles. The molecule has 4 nitrogen and oxygen atoms in total. The topological polar surface area (TPSA) is 46.6 Å². The maximum Gasteiger partial charge on any atom is 0.210 e. The minimum Gasteiger partial charge on any atom is -0.388 e. The first kappa shape index (κ1) is 18.2. The number of hydrogen-bond acceptors (Lipinski definition) is 3. The van der Waals surface area contributed by atoms with Gasteiger partial charge < -0.3 is 14.4 Å². The number of rotatable bonds is 6. The number of amides is 1. The molecule has 6 heteroatoms. The van der Waals surface area contributed by atoms with Crippen molar-refractivity contribution in [2.24, 2.45) is 0 Å². The van der Waals surface area contributed by atoms with Crippen LogP contribution in [0.4, 0.5) is 8.78 Å². The van der Waals surface area contributed by atoms with E-state index in [0.29, 0.717) is 24.7 Å². The quantitative estimate of drug-likeness (QED) is 0.754. The van der Waals surface area contributed by atoms with Crippen LogP contribution in [0.15, 0.2) is 18.2 Å². The minimum absolute atomic E-state index is 0.0685. The summed E-state index contributed by atoms with van der Waals surface area (Å²) in [4.78, 5) is 22.5. The average Bonchev–Trinajstić information content (AvgIpc) is 2.43. The van der Waals surface area contributed by atoms with Crippen molar-refractivity contribution < 1.29 is 23.1 Å². The lowest BCUT2D eigenvalue weighted by atomic mass is 10.0. The van der Waals surface area contributed by atoms with Crippen LogP contribution in [0.25, 0.3) is 0 Å². The zero-order chi connectivity index (χ0) is 15.5. The summed E-state index contributed by atoms with van der Waals surface area (Å²) >= 11 is 0. The van der Waals surface area contributed by atoms with Crippen molar-refractivity contribution in [2.45, 2.75) is 19.4 Å². The van der Waals surface area contributed by atoms with Gasteiger partial charge in [-0.15, -0.1) is 0 Å². The fourth-order valence-corrected chi connectivity index (χ4v) is 1.71. The van der Waals surface area contributed by atoms with Crippen molar-refractivity contribution in [3.8, 4) is 0 Å². The van der Waals surface area contributed by atoms with Crippen LogP contribution in [-0.4, -0.2) is 38.4 Å². The second-order valence-electron chi connectivity index (χ2n) is 3.97. The van der Waals surface area contributed by atoms with Crippen molar-refractivity contribution in [2.75, 3.05) is 20.8 Å². The Kier molecular flexibility index (Phi) is 9.11. The number of benzene rings is 1. The fraction of sp³-hybridized carbons (Fsp3) is 0.429. The maximum atomic E-state index is 13.1. The predicted molar refractivity (Wildman–Crippen MR) is 71.2 cm³/mol. The van der Waals surface area contributed by atoms with Gasteiger partial charge in [-0.2, -0.15) is 0 Å². The summed E-state index contributed by atoms with van der Waals surface area (Å²) in [5, 5.41) is 0. The van der Waals surface area contributed by atoms with Gasteiger partial charge in [-0.05, 0) is 24.1 Å². The molecule has 0 saturated carbocycles. The summed E-state index contributed by atoms with van der Waals surface area (Å²) in [6, 6.07) is 3.04. The first-order valence-electron chi connectivity index (χ1n) is 6.05. The highest BCUT2D eigenvalue weighted by atomic mass is 19.2. The van der Waals surface area contributed by atoms with Crippen molar-refractivity contribution in [1.82, 2.24) is 4.90 Å². The molecule has 0 aliphatic heterocycles. The Hall–Kier alpha value is -1.82. The second kappa shape index (κ2) is 10.0. The Morgan fingerprint density at radius 2 is 1.85 bits per heavy atom. The van der Waals surface area contributed by atoms with Gasteiger partial charge in [-0.1, -0.05) is 13.0 Å². The average molecular weight is 287 g/mol. The summed E-state index contributed by atoms with van der Waals surface area (Å²) in [7, 11) is 3.25. The lowest BCUT2D eigenvalue weighted by Gasteiger charge is -2.26. The summed E-state index contributed by atoms with van der Waals surface area (Å²) in [5.74, 6) is -1.89. The molecule has 1 rings (SSSR count). The van der Waals surface area contributed by atoms with Crippen molar-refractivity contribution >= 4 is 12.7 Å². The van der Waals surface area contributed by atoms with Crippen molar-refractivity contribution in [3.63, 3.8) is 0 Å². The van der Waals surface area contributed by atoms with Crippen LogP contribution in [0, 0.1) is 11.6 Å². The van der Waals surface area contributed by atoms with E-state index in [1.54, 1.807) is 21.1 Å². The molecule has 112 valence electrons. The third kappa shape index (κ3) is 5.44. The molecule has 0 saturated heterocycles. The third-order valence-corrected chi connectivity index (χ3v) is 2.54. The van der Waals surface area contributed by atoms with E-state index < -0.39 is 17.7 Å². The highest BCUT2D eigenvalue weighted by Gasteiger charge is 2.18. The van der Waals surface area contributed by atoms with E-state index in [1.165, 1.54) is 11.0 Å². The van der Waals surface area contributed by atoms with E-state index in [4.69, 9.17) is 0 Å². The Morgan fingerprint density at radius 3 is 2.25 bits per heavy atom. The maximum absolute atomic E-state index is 13.1. The fourth-order valence-electron chi connectivity index (χ4n) is 1.71.